The highest BCUT2D eigenvalue weighted by Crippen LogP contribution is 2.70. The summed E-state index contributed by atoms with van der Waals surface area (Å²) in [5.74, 6) is 1.91. The fraction of sp³-hybridized carbons (Fsp3) is 0.974. The van der Waals surface area contributed by atoms with Crippen LogP contribution in [0.25, 0.3) is 0 Å². The van der Waals surface area contributed by atoms with Crippen molar-refractivity contribution in [1.29, 1.82) is 0 Å². The summed E-state index contributed by atoms with van der Waals surface area (Å²) in [5, 5.41) is 72.7. The Hall–Kier alpha value is -0.850. The molecule has 302 valence electrons. The van der Waals surface area contributed by atoms with Crippen molar-refractivity contribution in [2.24, 2.45) is 52.3 Å². The molecule has 0 amide bonds. The van der Waals surface area contributed by atoms with E-state index in [-0.39, 0.29) is 40.8 Å². The number of aliphatic hydroxyl groups is 7. The monoisotopic (exact) mass is 754 g/mol. The Bertz CT molecular complexity index is 1340. The minimum Gasteiger partial charge on any atom is -0.394 e. The largest absolute Gasteiger partial charge is 0.394 e. The molecule has 1 spiro atoms. The number of hydrogen-bond acceptors (Lipinski definition) is 14. The van der Waals surface area contributed by atoms with E-state index in [1.807, 2.05) is 0 Å². The Balaban J connectivity index is 0.911. The van der Waals surface area contributed by atoms with E-state index in [0.29, 0.717) is 48.7 Å². The van der Waals surface area contributed by atoms with Crippen molar-refractivity contribution in [2.45, 2.75) is 165 Å². The normalized spacial score (nSPS) is 58.2. The van der Waals surface area contributed by atoms with Crippen molar-refractivity contribution in [1.82, 2.24) is 0 Å². The third kappa shape index (κ3) is 6.12. The van der Waals surface area contributed by atoms with Gasteiger partial charge in [0.25, 0.3) is 0 Å². The van der Waals surface area contributed by atoms with Gasteiger partial charge in [-0.1, -0.05) is 27.7 Å². The van der Waals surface area contributed by atoms with Gasteiger partial charge < -0.3 is 64.2 Å². The lowest BCUT2D eigenvalue weighted by Gasteiger charge is -2.60. The van der Waals surface area contributed by atoms with Crippen molar-refractivity contribution in [2.75, 3.05) is 19.8 Å². The molecule has 8 rings (SSSR count). The molecule has 22 atom stereocenters. The summed E-state index contributed by atoms with van der Waals surface area (Å²) in [6.07, 6.45) is -7.48. The van der Waals surface area contributed by atoms with Gasteiger partial charge in [-0.05, 0) is 85.4 Å². The molecule has 4 aliphatic carbocycles. The number of rotatable bonds is 6. The fourth-order valence-electron chi connectivity index (χ4n) is 13.0. The second-order valence-corrected chi connectivity index (χ2v) is 18.7. The molecule has 8 fully saturated rings. The lowest BCUT2D eigenvalue weighted by Crippen LogP contribution is -2.65. The maximum Gasteiger partial charge on any atom is 0.187 e. The topological polar surface area (TPSA) is 214 Å². The lowest BCUT2D eigenvalue weighted by molar-refractivity contribution is -0.364. The summed E-state index contributed by atoms with van der Waals surface area (Å²) in [6, 6.07) is 0. The average Bonchev–Trinajstić information content (AvgIpc) is 3.57. The smallest absolute Gasteiger partial charge is 0.187 e. The second kappa shape index (κ2) is 14.2. The predicted molar refractivity (Wildman–Crippen MR) is 183 cm³/mol. The fourth-order valence-corrected chi connectivity index (χ4v) is 13.0. The van der Waals surface area contributed by atoms with Gasteiger partial charge in [-0.25, -0.2) is 0 Å². The highest BCUT2D eigenvalue weighted by atomic mass is 16.7. The Kier molecular flexibility index (Phi) is 10.5. The zero-order valence-electron chi connectivity index (χ0n) is 31.4. The molecule has 0 radical (unpaired) electrons. The van der Waals surface area contributed by atoms with Crippen molar-refractivity contribution >= 4 is 5.78 Å². The quantitative estimate of drug-likeness (QED) is 0.185. The van der Waals surface area contributed by atoms with Crippen molar-refractivity contribution in [3.05, 3.63) is 0 Å². The number of ether oxygens (including phenoxy) is 6. The molecule has 8 aliphatic rings. The average molecular weight is 755 g/mol. The maximum atomic E-state index is 14.5. The van der Waals surface area contributed by atoms with Crippen LogP contribution in [0.5, 0.6) is 0 Å². The van der Waals surface area contributed by atoms with Gasteiger partial charge in [0, 0.05) is 24.7 Å². The van der Waals surface area contributed by atoms with E-state index >= 15 is 0 Å². The molecule has 7 N–H and O–H groups in total. The van der Waals surface area contributed by atoms with Gasteiger partial charge in [-0.3, -0.25) is 4.79 Å². The molecule has 4 heterocycles. The van der Waals surface area contributed by atoms with Crippen LogP contribution < -0.4 is 0 Å². The lowest BCUT2D eigenvalue weighted by atomic mass is 9.44. The van der Waals surface area contributed by atoms with Gasteiger partial charge in [-0.2, -0.15) is 0 Å². The zero-order chi connectivity index (χ0) is 37.8. The van der Waals surface area contributed by atoms with Gasteiger partial charge in [0.1, 0.15) is 54.6 Å². The minimum absolute atomic E-state index is 0.0208. The number of aliphatic hydroxyl groups excluding tert-OH is 7. The van der Waals surface area contributed by atoms with E-state index in [1.54, 1.807) is 0 Å². The van der Waals surface area contributed by atoms with E-state index in [1.165, 1.54) is 0 Å². The number of Topliss-reactive ketones (excluding diaryl/α,β-unsaturated/α-hetero) is 1. The first-order valence-electron chi connectivity index (χ1n) is 20.2. The van der Waals surface area contributed by atoms with E-state index in [0.717, 1.165) is 45.1 Å². The summed E-state index contributed by atoms with van der Waals surface area (Å²) in [6.45, 7) is 8.63. The van der Waals surface area contributed by atoms with Crippen LogP contribution in [0.4, 0.5) is 0 Å². The third-order valence-electron chi connectivity index (χ3n) is 15.9. The molecule has 14 heteroatoms. The Morgan fingerprint density at radius 2 is 1.47 bits per heavy atom. The predicted octanol–water partition coefficient (Wildman–Crippen LogP) is 0.621. The first kappa shape index (κ1) is 39.0. The number of hydrogen-bond donors (Lipinski definition) is 7. The summed E-state index contributed by atoms with van der Waals surface area (Å²) in [4.78, 5) is 14.5. The van der Waals surface area contributed by atoms with E-state index < -0.39 is 80.4 Å². The standard InChI is InChI=1S/C39H62O14/c1-17-7-10-39(48-16-17)18(2)27-24(53-39)12-22-21-6-5-19-11-20(8-9-37(19,3)28(21)23(42)13-38(22,27)4)49-35-33(47)31(45)34(26(15-41)51-35)52-36-32(46)30(44)29(43)25(14-40)50-36/h17-22,24-36,40-41,43-47H,5-16H2,1-4H3/t17-,18?,19+,20+,21+,22+,24?,25-,26-,27?,28-,29-,30+,31-,32-,33-,34-,35+,36+,37+,38+,39-/m1/s1. The first-order valence-corrected chi connectivity index (χ1v) is 20.2. The Morgan fingerprint density at radius 1 is 0.774 bits per heavy atom. The van der Waals surface area contributed by atoms with Crippen LogP contribution in [0, 0.1) is 52.3 Å². The molecule has 14 nitrogen and oxygen atoms in total. The van der Waals surface area contributed by atoms with Crippen molar-refractivity contribution < 1.29 is 69.0 Å². The number of ketones is 1. The molecule has 0 aromatic heterocycles. The van der Waals surface area contributed by atoms with Crippen LogP contribution in [0.3, 0.4) is 0 Å². The second-order valence-electron chi connectivity index (χ2n) is 18.7. The van der Waals surface area contributed by atoms with Crippen LogP contribution in [0.15, 0.2) is 0 Å². The summed E-state index contributed by atoms with van der Waals surface area (Å²) >= 11 is 0. The number of carbonyl (C=O) groups excluding carboxylic acids is 1. The third-order valence-corrected chi connectivity index (χ3v) is 15.9. The van der Waals surface area contributed by atoms with Gasteiger partial charge >= 0.3 is 0 Å². The highest BCUT2D eigenvalue weighted by Gasteiger charge is 2.71. The first-order chi connectivity index (χ1) is 25.2. The summed E-state index contributed by atoms with van der Waals surface area (Å²) in [7, 11) is 0. The zero-order valence-corrected chi connectivity index (χ0v) is 31.4. The van der Waals surface area contributed by atoms with Gasteiger partial charge in [0.15, 0.2) is 18.4 Å². The molecular weight excluding hydrogens is 692 g/mol. The van der Waals surface area contributed by atoms with Crippen LogP contribution >= 0.6 is 0 Å². The van der Waals surface area contributed by atoms with E-state index in [4.69, 9.17) is 28.4 Å². The van der Waals surface area contributed by atoms with Crippen LogP contribution in [0.2, 0.25) is 0 Å². The molecule has 0 aromatic carbocycles. The summed E-state index contributed by atoms with van der Waals surface area (Å²) in [5.41, 5.74) is -0.288. The van der Waals surface area contributed by atoms with Crippen molar-refractivity contribution in [3.63, 3.8) is 0 Å². The molecular formula is C39H62O14. The van der Waals surface area contributed by atoms with E-state index in [2.05, 4.69) is 27.7 Å². The molecule has 4 saturated carbocycles. The van der Waals surface area contributed by atoms with Gasteiger partial charge in [0.05, 0.1) is 32.0 Å². The molecule has 4 aliphatic heterocycles. The van der Waals surface area contributed by atoms with Crippen LogP contribution in [-0.2, 0) is 33.2 Å². The maximum absolute atomic E-state index is 14.5. The van der Waals surface area contributed by atoms with E-state index in [9.17, 15) is 40.5 Å². The van der Waals surface area contributed by atoms with Crippen LogP contribution in [-0.4, -0.2) is 141 Å². The molecule has 4 saturated heterocycles. The summed E-state index contributed by atoms with van der Waals surface area (Å²) < 4.78 is 36.8. The van der Waals surface area contributed by atoms with Gasteiger partial charge in [-0.15, -0.1) is 0 Å². The minimum atomic E-state index is -1.74. The number of fused-ring (bicyclic) bond motifs is 7. The van der Waals surface area contributed by atoms with Crippen molar-refractivity contribution in [3.8, 4) is 0 Å². The Labute approximate surface area is 311 Å². The molecule has 3 unspecified atom stereocenters. The molecule has 0 aromatic rings. The molecule has 53 heavy (non-hydrogen) atoms. The SMILES string of the molecule is CC1C2C(C[C@H]3[C@@H]4CC[C@H]5C[C@@H](O[C@H]6O[C@H](CO)[C@@H](O[C@@H]7O[C@H](CO)[C@@H](O)[C@H](O)[C@H]7O)[C@H](O)[C@H]6O)CC[C@]5(C)[C@H]4C(=O)C[C@]23C)O[C@]12CC[C@@H](C)CO2. The number of carbonyl (C=O) groups is 1. The van der Waals surface area contributed by atoms with Crippen LogP contribution in [0.1, 0.15) is 85.5 Å². The molecule has 0 bridgehead atoms. The Morgan fingerprint density at radius 3 is 2.17 bits per heavy atom. The highest BCUT2D eigenvalue weighted by molar-refractivity contribution is 5.84. The van der Waals surface area contributed by atoms with Gasteiger partial charge in [0.2, 0.25) is 0 Å².